The molecule has 0 aliphatic rings. The lowest BCUT2D eigenvalue weighted by molar-refractivity contribution is 0.414. The van der Waals surface area contributed by atoms with Crippen molar-refractivity contribution in [2.24, 2.45) is 0 Å². The second-order valence-electron chi connectivity index (χ2n) is 8.04. The largest absolute Gasteiger partial charge is 0.497 e. The van der Waals surface area contributed by atoms with E-state index in [1.807, 2.05) is 42.5 Å². The molecule has 180 valence electrons. The van der Waals surface area contributed by atoms with E-state index in [2.05, 4.69) is 22.2 Å². The van der Waals surface area contributed by atoms with E-state index in [9.17, 15) is 9.59 Å². The first-order valence-electron chi connectivity index (χ1n) is 11.3. The normalized spacial score (nSPS) is 10.8. The van der Waals surface area contributed by atoms with Crippen LogP contribution in [0.1, 0.15) is 29.2 Å². The number of rotatable bonds is 9. The van der Waals surface area contributed by atoms with Crippen molar-refractivity contribution in [3.63, 3.8) is 0 Å². The van der Waals surface area contributed by atoms with Gasteiger partial charge in [0.05, 0.1) is 20.2 Å². The summed E-state index contributed by atoms with van der Waals surface area (Å²) in [4.78, 5) is 34.9. The van der Waals surface area contributed by atoms with Crippen LogP contribution in [0.3, 0.4) is 0 Å². The van der Waals surface area contributed by atoms with Crippen LogP contribution in [0, 0.1) is 0 Å². The topological polar surface area (TPSA) is 117 Å². The Morgan fingerprint density at radius 2 is 1.63 bits per heavy atom. The summed E-state index contributed by atoms with van der Waals surface area (Å²) in [7, 11) is 1.58. The highest BCUT2D eigenvalue weighted by atomic mass is 16.5. The van der Waals surface area contributed by atoms with Gasteiger partial charge in [0.2, 0.25) is 5.95 Å². The fraction of sp³-hybridized carbons (Fsp3) is 0.231. The maximum atomic E-state index is 13.6. The molecule has 0 atom stereocenters. The molecule has 4 rings (SSSR count). The number of hydrogen-bond acceptors (Lipinski definition) is 7. The fourth-order valence-corrected chi connectivity index (χ4v) is 3.86. The number of benzene rings is 2. The van der Waals surface area contributed by atoms with E-state index in [0.717, 1.165) is 33.2 Å². The second-order valence-corrected chi connectivity index (χ2v) is 8.04. The highest BCUT2D eigenvalue weighted by Gasteiger charge is 2.16. The molecule has 0 aliphatic heterocycles. The molecule has 2 aromatic carbocycles. The number of nitrogens with two attached hydrogens (primary N) is 1. The van der Waals surface area contributed by atoms with Crippen molar-refractivity contribution in [1.82, 2.24) is 19.1 Å². The van der Waals surface area contributed by atoms with E-state index < -0.39 is 11.4 Å². The molecule has 4 aromatic rings. The summed E-state index contributed by atoms with van der Waals surface area (Å²) in [5.41, 5.74) is 8.51. The van der Waals surface area contributed by atoms with Gasteiger partial charge in [0.15, 0.2) is 0 Å². The number of aromatic nitrogens is 4. The van der Waals surface area contributed by atoms with Crippen LogP contribution in [0.2, 0.25) is 0 Å². The van der Waals surface area contributed by atoms with E-state index in [0.29, 0.717) is 11.6 Å². The zero-order valence-electron chi connectivity index (χ0n) is 19.8. The molecule has 0 aliphatic carbocycles. The first-order valence-corrected chi connectivity index (χ1v) is 11.3. The van der Waals surface area contributed by atoms with Crippen molar-refractivity contribution < 1.29 is 4.74 Å². The Labute approximate surface area is 202 Å². The first-order chi connectivity index (χ1) is 17.0. The van der Waals surface area contributed by atoms with Gasteiger partial charge >= 0.3 is 11.4 Å². The Hall–Kier alpha value is -4.40. The molecule has 0 bridgehead atoms. The molecule has 0 saturated carbocycles. The van der Waals surface area contributed by atoms with Crippen LogP contribution in [0.25, 0.3) is 0 Å². The number of aryl methyl sites for hydroxylation is 1. The molecular weight excluding hydrogens is 444 g/mol. The highest BCUT2D eigenvalue weighted by molar-refractivity contribution is 5.41. The van der Waals surface area contributed by atoms with E-state index in [4.69, 9.17) is 10.5 Å². The van der Waals surface area contributed by atoms with Crippen LogP contribution in [-0.2, 0) is 26.1 Å². The molecule has 0 amide bonds. The molecule has 0 unspecified atom stereocenters. The minimum atomic E-state index is -0.632. The molecule has 0 spiro atoms. The summed E-state index contributed by atoms with van der Waals surface area (Å²) in [5.74, 6) is 1.25. The number of ether oxygens (including phenoxy) is 1. The highest BCUT2D eigenvalue weighted by Crippen LogP contribution is 2.15. The SMILES string of the molecule is CCc1ccccc1Cn1c(NCc2cccnc2N)nc(=O)n(Cc2ccc(OC)cc2)c1=O. The number of nitrogens with zero attached hydrogens (tertiary/aromatic N) is 4. The lowest BCUT2D eigenvalue weighted by Gasteiger charge is -2.17. The summed E-state index contributed by atoms with van der Waals surface area (Å²) in [6.45, 7) is 2.70. The standard InChI is InChI=1S/C26H28N6O3/c1-3-19-7-4-5-8-21(19)17-31-24(29-15-20-9-6-14-28-23(20)27)30-25(33)32(26(31)34)16-18-10-12-22(35-2)13-11-18/h4-14H,3,15-17H2,1-2H3,(H2,27,28)(H,29,30,33). The molecule has 0 radical (unpaired) electrons. The van der Waals surface area contributed by atoms with Gasteiger partial charge in [-0.2, -0.15) is 4.98 Å². The van der Waals surface area contributed by atoms with Crippen LogP contribution >= 0.6 is 0 Å². The van der Waals surface area contributed by atoms with Crippen molar-refractivity contribution in [1.29, 1.82) is 0 Å². The van der Waals surface area contributed by atoms with Crippen molar-refractivity contribution >= 4 is 11.8 Å². The molecule has 0 saturated heterocycles. The van der Waals surface area contributed by atoms with Gasteiger partial charge in [-0.15, -0.1) is 0 Å². The molecule has 2 heterocycles. The summed E-state index contributed by atoms with van der Waals surface area (Å²) in [6.07, 6.45) is 2.42. The number of nitrogen functional groups attached to an aromatic ring is 1. The minimum absolute atomic E-state index is 0.0971. The number of nitrogens with one attached hydrogen (secondary N) is 1. The first kappa shape index (κ1) is 23.7. The Morgan fingerprint density at radius 3 is 2.31 bits per heavy atom. The number of pyridine rings is 1. The molecular formula is C26H28N6O3. The van der Waals surface area contributed by atoms with Crippen LogP contribution in [-0.4, -0.2) is 26.2 Å². The average Bonchev–Trinajstić information content (AvgIpc) is 2.88. The van der Waals surface area contributed by atoms with Crippen molar-refractivity contribution in [2.75, 3.05) is 18.2 Å². The Morgan fingerprint density at radius 1 is 0.914 bits per heavy atom. The molecule has 3 N–H and O–H groups in total. The van der Waals surface area contributed by atoms with Crippen LogP contribution in [0.15, 0.2) is 76.4 Å². The zero-order chi connectivity index (χ0) is 24.8. The Kier molecular flexibility index (Phi) is 7.25. The van der Waals surface area contributed by atoms with Gasteiger partial charge in [-0.1, -0.05) is 49.4 Å². The molecule has 9 heteroatoms. The van der Waals surface area contributed by atoms with Gasteiger partial charge in [-0.05, 0) is 41.3 Å². The van der Waals surface area contributed by atoms with E-state index in [-0.39, 0.29) is 25.6 Å². The lowest BCUT2D eigenvalue weighted by Crippen LogP contribution is -2.43. The predicted octanol–water partition coefficient (Wildman–Crippen LogP) is 2.66. The molecule has 0 fully saturated rings. The molecule has 35 heavy (non-hydrogen) atoms. The summed E-state index contributed by atoms with van der Waals surface area (Å²) >= 11 is 0. The molecule has 9 nitrogen and oxygen atoms in total. The monoisotopic (exact) mass is 472 g/mol. The minimum Gasteiger partial charge on any atom is -0.497 e. The number of hydrogen-bond donors (Lipinski definition) is 2. The third-order valence-electron chi connectivity index (χ3n) is 5.84. The predicted molar refractivity (Wildman–Crippen MR) is 136 cm³/mol. The van der Waals surface area contributed by atoms with E-state index >= 15 is 0 Å². The van der Waals surface area contributed by atoms with Crippen LogP contribution < -0.4 is 27.2 Å². The van der Waals surface area contributed by atoms with Gasteiger partial charge in [-0.3, -0.25) is 4.57 Å². The third-order valence-corrected chi connectivity index (χ3v) is 5.84. The third kappa shape index (κ3) is 5.40. The van der Waals surface area contributed by atoms with E-state index in [1.54, 1.807) is 31.5 Å². The van der Waals surface area contributed by atoms with E-state index in [1.165, 1.54) is 4.57 Å². The van der Waals surface area contributed by atoms with Gasteiger partial charge < -0.3 is 15.8 Å². The zero-order valence-corrected chi connectivity index (χ0v) is 19.8. The molecule has 2 aromatic heterocycles. The van der Waals surface area contributed by atoms with Gasteiger partial charge in [0, 0.05) is 18.3 Å². The smallest absolute Gasteiger partial charge is 0.355 e. The quantitative estimate of drug-likeness (QED) is 0.385. The van der Waals surface area contributed by atoms with Gasteiger partial charge in [-0.25, -0.2) is 19.1 Å². The summed E-state index contributed by atoms with van der Waals surface area (Å²) in [5, 5.41) is 3.12. The summed E-state index contributed by atoms with van der Waals surface area (Å²) in [6, 6.07) is 18.7. The number of methoxy groups -OCH3 is 1. The Bertz CT molecular complexity index is 1430. The van der Waals surface area contributed by atoms with Gasteiger partial charge in [0.1, 0.15) is 11.6 Å². The second kappa shape index (κ2) is 10.7. The lowest BCUT2D eigenvalue weighted by atomic mass is 10.1. The van der Waals surface area contributed by atoms with Crippen LogP contribution in [0.5, 0.6) is 5.75 Å². The van der Waals surface area contributed by atoms with Gasteiger partial charge in [0.25, 0.3) is 0 Å². The maximum Gasteiger partial charge on any atom is 0.355 e. The van der Waals surface area contributed by atoms with Crippen LogP contribution in [0.4, 0.5) is 11.8 Å². The number of anilines is 2. The van der Waals surface area contributed by atoms with Crippen molar-refractivity contribution in [3.05, 3.63) is 110 Å². The van der Waals surface area contributed by atoms with Crippen molar-refractivity contribution in [3.8, 4) is 5.75 Å². The maximum absolute atomic E-state index is 13.6. The Balaban J connectivity index is 1.75. The average molecular weight is 473 g/mol. The summed E-state index contributed by atoms with van der Waals surface area (Å²) < 4.78 is 7.82. The van der Waals surface area contributed by atoms with Crippen molar-refractivity contribution in [2.45, 2.75) is 33.0 Å². The fourth-order valence-electron chi connectivity index (χ4n) is 3.86.